The van der Waals surface area contributed by atoms with E-state index in [2.05, 4.69) is 52.0 Å². The molecule has 29 heavy (non-hydrogen) atoms. The molecule has 0 spiro atoms. The third-order valence-electron chi connectivity index (χ3n) is 4.54. The summed E-state index contributed by atoms with van der Waals surface area (Å²) >= 11 is 0. The van der Waals surface area contributed by atoms with Gasteiger partial charge in [0.05, 0.1) is 25.7 Å². The lowest BCUT2D eigenvalue weighted by Crippen LogP contribution is -2.02. The number of hydrogen-bond acceptors (Lipinski definition) is 4. The fourth-order valence-corrected chi connectivity index (χ4v) is 2.62. The van der Waals surface area contributed by atoms with E-state index in [0.717, 1.165) is 54.7 Å². The standard InChI is InChI=1S/C25H40O4/c1-5-7-9-15-27-17-19-29-21-23(4)25-12-10-24(11-13-25)22(3)20-28-18-16-26-14-8-6-2/h10-13,20-21H,5-9,14-19H2,1-4H3/b22-20+,23-21+. The molecule has 0 saturated heterocycles. The van der Waals surface area contributed by atoms with Crippen molar-refractivity contribution in [3.05, 3.63) is 47.9 Å². The summed E-state index contributed by atoms with van der Waals surface area (Å²) in [5.74, 6) is 0. The minimum atomic E-state index is 0.584. The van der Waals surface area contributed by atoms with Crippen molar-refractivity contribution < 1.29 is 18.9 Å². The van der Waals surface area contributed by atoms with Crippen LogP contribution in [-0.2, 0) is 18.9 Å². The van der Waals surface area contributed by atoms with Crippen LogP contribution >= 0.6 is 0 Å². The van der Waals surface area contributed by atoms with Crippen molar-refractivity contribution in [2.24, 2.45) is 0 Å². The first-order valence-electron chi connectivity index (χ1n) is 11.0. The van der Waals surface area contributed by atoms with E-state index in [1.807, 2.05) is 12.5 Å². The van der Waals surface area contributed by atoms with Gasteiger partial charge >= 0.3 is 0 Å². The quantitative estimate of drug-likeness (QED) is 0.220. The molecule has 0 unspecified atom stereocenters. The van der Waals surface area contributed by atoms with Crippen molar-refractivity contribution in [1.82, 2.24) is 0 Å². The second-order valence-corrected chi connectivity index (χ2v) is 7.21. The first kappa shape index (κ1) is 25.3. The highest BCUT2D eigenvalue weighted by atomic mass is 16.5. The Hall–Kier alpha value is -1.78. The van der Waals surface area contributed by atoms with Crippen LogP contribution in [0.3, 0.4) is 0 Å². The van der Waals surface area contributed by atoms with Gasteiger partial charge < -0.3 is 18.9 Å². The first-order chi connectivity index (χ1) is 14.2. The summed E-state index contributed by atoms with van der Waals surface area (Å²) in [6.45, 7) is 12.5. The Morgan fingerprint density at radius 3 is 1.52 bits per heavy atom. The van der Waals surface area contributed by atoms with Gasteiger partial charge in [0.25, 0.3) is 0 Å². The number of benzene rings is 1. The number of ether oxygens (including phenoxy) is 4. The first-order valence-corrected chi connectivity index (χ1v) is 11.0. The van der Waals surface area contributed by atoms with Crippen molar-refractivity contribution >= 4 is 11.1 Å². The highest BCUT2D eigenvalue weighted by Crippen LogP contribution is 2.19. The minimum absolute atomic E-state index is 0.584. The highest BCUT2D eigenvalue weighted by molar-refractivity contribution is 5.68. The van der Waals surface area contributed by atoms with Gasteiger partial charge in [-0.2, -0.15) is 0 Å². The molecule has 164 valence electrons. The molecule has 0 aliphatic rings. The number of unbranched alkanes of at least 4 members (excludes halogenated alkanes) is 3. The Morgan fingerprint density at radius 2 is 1.07 bits per heavy atom. The zero-order chi connectivity index (χ0) is 21.2. The van der Waals surface area contributed by atoms with Crippen LogP contribution in [0, 0.1) is 0 Å². The lowest BCUT2D eigenvalue weighted by Gasteiger charge is -2.08. The van der Waals surface area contributed by atoms with Crippen molar-refractivity contribution in [3.8, 4) is 0 Å². The maximum absolute atomic E-state index is 5.60. The van der Waals surface area contributed by atoms with Crippen LogP contribution in [0.4, 0.5) is 0 Å². The Bertz CT molecular complexity index is 575. The molecule has 1 aromatic carbocycles. The molecular weight excluding hydrogens is 364 g/mol. The summed E-state index contributed by atoms with van der Waals surface area (Å²) in [5, 5.41) is 0. The molecule has 0 aromatic heterocycles. The van der Waals surface area contributed by atoms with Crippen LogP contribution in [0.1, 0.15) is 70.9 Å². The lowest BCUT2D eigenvalue weighted by atomic mass is 10.0. The number of rotatable bonds is 17. The van der Waals surface area contributed by atoms with Crippen LogP contribution in [0.25, 0.3) is 11.1 Å². The second-order valence-electron chi connectivity index (χ2n) is 7.21. The molecule has 0 aliphatic carbocycles. The second kappa shape index (κ2) is 17.1. The molecule has 0 heterocycles. The number of allylic oxidation sites excluding steroid dienone is 2. The normalized spacial score (nSPS) is 12.3. The van der Waals surface area contributed by atoms with E-state index < -0.39 is 0 Å². The van der Waals surface area contributed by atoms with Crippen molar-refractivity contribution in [2.75, 3.05) is 39.6 Å². The number of hydrogen-bond donors (Lipinski definition) is 0. The molecule has 0 atom stereocenters. The largest absolute Gasteiger partial charge is 0.498 e. The topological polar surface area (TPSA) is 36.9 Å². The molecule has 0 amide bonds. The van der Waals surface area contributed by atoms with E-state index >= 15 is 0 Å². The van der Waals surface area contributed by atoms with Crippen LogP contribution in [-0.4, -0.2) is 39.6 Å². The van der Waals surface area contributed by atoms with Gasteiger partial charge in [-0.05, 0) is 49.0 Å². The predicted molar refractivity (Wildman–Crippen MR) is 122 cm³/mol. The molecule has 0 saturated carbocycles. The summed E-state index contributed by atoms with van der Waals surface area (Å²) in [5.41, 5.74) is 4.50. The smallest absolute Gasteiger partial charge is 0.111 e. The van der Waals surface area contributed by atoms with Gasteiger partial charge in [-0.25, -0.2) is 0 Å². The van der Waals surface area contributed by atoms with Gasteiger partial charge in [-0.1, -0.05) is 57.4 Å². The van der Waals surface area contributed by atoms with Crippen molar-refractivity contribution in [1.29, 1.82) is 0 Å². The average Bonchev–Trinajstić information content (AvgIpc) is 2.74. The molecule has 0 aliphatic heterocycles. The van der Waals surface area contributed by atoms with Crippen LogP contribution in [0.5, 0.6) is 0 Å². The summed E-state index contributed by atoms with van der Waals surface area (Å²) in [4.78, 5) is 0. The predicted octanol–water partition coefficient (Wildman–Crippen LogP) is 6.46. The fourth-order valence-electron chi connectivity index (χ4n) is 2.62. The molecular formula is C25H40O4. The van der Waals surface area contributed by atoms with Gasteiger partial charge in [0.1, 0.15) is 13.2 Å². The van der Waals surface area contributed by atoms with E-state index in [9.17, 15) is 0 Å². The van der Waals surface area contributed by atoms with E-state index in [0.29, 0.717) is 26.4 Å². The van der Waals surface area contributed by atoms with Gasteiger partial charge in [-0.3, -0.25) is 0 Å². The van der Waals surface area contributed by atoms with Gasteiger partial charge in [-0.15, -0.1) is 0 Å². The molecule has 1 rings (SSSR count). The van der Waals surface area contributed by atoms with Crippen molar-refractivity contribution in [2.45, 2.75) is 59.8 Å². The van der Waals surface area contributed by atoms with Gasteiger partial charge in [0.15, 0.2) is 0 Å². The average molecular weight is 405 g/mol. The van der Waals surface area contributed by atoms with E-state index in [1.54, 1.807) is 0 Å². The Balaban J connectivity index is 2.31. The third-order valence-corrected chi connectivity index (χ3v) is 4.54. The summed E-state index contributed by atoms with van der Waals surface area (Å²) < 4.78 is 22.2. The summed E-state index contributed by atoms with van der Waals surface area (Å²) in [6.07, 6.45) is 9.46. The summed E-state index contributed by atoms with van der Waals surface area (Å²) in [7, 11) is 0. The third kappa shape index (κ3) is 12.4. The van der Waals surface area contributed by atoms with E-state index in [-0.39, 0.29) is 0 Å². The van der Waals surface area contributed by atoms with Crippen LogP contribution < -0.4 is 0 Å². The van der Waals surface area contributed by atoms with Crippen molar-refractivity contribution in [3.63, 3.8) is 0 Å². The maximum atomic E-state index is 5.60. The fraction of sp³-hybridized carbons (Fsp3) is 0.600. The Morgan fingerprint density at radius 1 is 0.621 bits per heavy atom. The minimum Gasteiger partial charge on any atom is -0.498 e. The Labute approximate surface area is 177 Å². The van der Waals surface area contributed by atoms with Gasteiger partial charge in [0, 0.05) is 13.2 Å². The lowest BCUT2D eigenvalue weighted by molar-refractivity contribution is 0.0828. The molecule has 4 heteroatoms. The van der Waals surface area contributed by atoms with Crippen LogP contribution in [0.15, 0.2) is 36.8 Å². The monoisotopic (exact) mass is 404 g/mol. The van der Waals surface area contributed by atoms with E-state index in [4.69, 9.17) is 18.9 Å². The van der Waals surface area contributed by atoms with Gasteiger partial charge in [0.2, 0.25) is 0 Å². The highest BCUT2D eigenvalue weighted by Gasteiger charge is 2.00. The van der Waals surface area contributed by atoms with Crippen LogP contribution in [0.2, 0.25) is 0 Å². The molecule has 4 nitrogen and oxygen atoms in total. The zero-order valence-electron chi connectivity index (χ0n) is 18.9. The molecule has 0 bridgehead atoms. The Kier molecular flexibility index (Phi) is 14.9. The molecule has 0 N–H and O–H groups in total. The summed E-state index contributed by atoms with van der Waals surface area (Å²) in [6, 6.07) is 8.43. The SMILES string of the molecule is CCCCCOCCO/C=C(\C)c1ccc(/C(C)=C/OCCOCCCC)cc1. The zero-order valence-corrected chi connectivity index (χ0v) is 18.9. The molecule has 1 aromatic rings. The molecule has 0 radical (unpaired) electrons. The maximum Gasteiger partial charge on any atom is 0.111 e. The van der Waals surface area contributed by atoms with E-state index in [1.165, 1.54) is 12.8 Å². The molecule has 0 fully saturated rings.